The zero-order valence-electron chi connectivity index (χ0n) is 19.9. The Morgan fingerprint density at radius 1 is 0.917 bits per heavy atom. The van der Waals surface area contributed by atoms with Gasteiger partial charge in [-0.15, -0.1) is 0 Å². The summed E-state index contributed by atoms with van der Waals surface area (Å²) in [4.78, 5) is 36.2. The van der Waals surface area contributed by atoms with Crippen LogP contribution < -0.4 is 14.9 Å². The Kier molecular flexibility index (Phi) is 8.80. The van der Waals surface area contributed by atoms with E-state index < -0.39 is 34.0 Å². The second-order valence-corrected chi connectivity index (χ2v) is 9.62. The minimum atomic E-state index is -4.08. The zero-order valence-corrected chi connectivity index (χ0v) is 20.7. The Bertz CT molecular complexity index is 1310. The standard InChI is InChI=1S/C26H27N3O6S/c1-3-27-26(32)28-24(30)19(2)35-25(31)21-13-10-16-23(17-21)36(33,34)29(22-14-8-5-9-15-22)18-20-11-6-4-7-12-20/h4-17,19H,3,18H2,1-2H3,(H2,27,28,30,32)/t19-/m1/s1. The normalized spacial score (nSPS) is 11.7. The first kappa shape index (κ1) is 26.4. The van der Waals surface area contributed by atoms with Gasteiger partial charge in [-0.25, -0.2) is 18.0 Å². The zero-order chi connectivity index (χ0) is 26.1. The average Bonchev–Trinajstić information content (AvgIpc) is 2.88. The van der Waals surface area contributed by atoms with Crippen LogP contribution in [0.3, 0.4) is 0 Å². The fourth-order valence-corrected chi connectivity index (χ4v) is 4.77. The lowest BCUT2D eigenvalue weighted by atomic mass is 10.2. The van der Waals surface area contributed by atoms with Crippen LogP contribution in [0.1, 0.15) is 29.8 Å². The fraction of sp³-hybridized carbons (Fsp3) is 0.192. The summed E-state index contributed by atoms with van der Waals surface area (Å²) >= 11 is 0. The Morgan fingerprint density at radius 2 is 1.56 bits per heavy atom. The molecule has 0 aliphatic rings. The maximum atomic E-state index is 13.7. The number of ether oxygens (including phenoxy) is 1. The number of rotatable bonds is 9. The highest BCUT2D eigenvalue weighted by atomic mass is 32.2. The molecule has 0 aliphatic carbocycles. The molecule has 9 nitrogen and oxygen atoms in total. The summed E-state index contributed by atoms with van der Waals surface area (Å²) in [6.07, 6.45) is -1.28. The van der Waals surface area contributed by atoms with Crippen molar-refractivity contribution in [2.75, 3.05) is 10.8 Å². The number of nitrogens with one attached hydrogen (secondary N) is 2. The lowest BCUT2D eigenvalue weighted by Gasteiger charge is -2.25. The van der Waals surface area contributed by atoms with Crippen LogP contribution in [-0.2, 0) is 26.1 Å². The van der Waals surface area contributed by atoms with E-state index in [4.69, 9.17) is 4.74 Å². The van der Waals surface area contributed by atoms with Gasteiger partial charge in [-0.2, -0.15) is 0 Å². The van der Waals surface area contributed by atoms with Crippen molar-refractivity contribution < 1.29 is 27.5 Å². The van der Waals surface area contributed by atoms with Gasteiger partial charge in [0.25, 0.3) is 15.9 Å². The van der Waals surface area contributed by atoms with Crippen LogP contribution in [0.2, 0.25) is 0 Å². The van der Waals surface area contributed by atoms with Gasteiger partial charge < -0.3 is 10.1 Å². The first-order valence-electron chi connectivity index (χ1n) is 11.2. The van der Waals surface area contributed by atoms with Crippen LogP contribution in [0.4, 0.5) is 10.5 Å². The number of amides is 3. The molecule has 0 saturated carbocycles. The van der Waals surface area contributed by atoms with Gasteiger partial charge in [0, 0.05) is 6.54 Å². The molecule has 3 aromatic carbocycles. The minimum absolute atomic E-state index is 0.0542. The van der Waals surface area contributed by atoms with E-state index >= 15 is 0 Å². The fourth-order valence-electron chi connectivity index (χ4n) is 3.27. The van der Waals surface area contributed by atoms with Crippen molar-refractivity contribution >= 4 is 33.6 Å². The molecule has 0 unspecified atom stereocenters. The van der Waals surface area contributed by atoms with E-state index in [0.29, 0.717) is 12.2 Å². The molecular formula is C26H27N3O6S. The molecule has 10 heteroatoms. The van der Waals surface area contributed by atoms with Gasteiger partial charge in [-0.3, -0.25) is 14.4 Å². The quantitative estimate of drug-likeness (QED) is 0.426. The molecular weight excluding hydrogens is 482 g/mol. The molecule has 188 valence electrons. The first-order chi connectivity index (χ1) is 17.2. The highest BCUT2D eigenvalue weighted by molar-refractivity contribution is 7.92. The summed E-state index contributed by atoms with van der Waals surface area (Å²) in [6, 6.07) is 22.5. The number of para-hydroxylation sites is 1. The topological polar surface area (TPSA) is 122 Å². The van der Waals surface area contributed by atoms with Crippen molar-refractivity contribution in [1.29, 1.82) is 0 Å². The summed E-state index contributed by atoms with van der Waals surface area (Å²) < 4.78 is 33.8. The number of imide groups is 1. The van der Waals surface area contributed by atoms with Crippen molar-refractivity contribution in [3.63, 3.8) is 0 Å². The van der Waals surface area contributed by atoms with Gasteiger partial charge in [0.2, 0.25) is 0 Å². The van der Waals surface area contributed by atoms with Crippen molar-refractivity contribution in [2.24, 2.45) is 0 Å². The Balaban J connectivity index is 1.85. The molecule has 3 amide bonds. The highest BCUT2D eigenvalue weighted by Gasteiger charge is 2.27. The molecule has 0 aliphatic heterocycles. The number of hydrogen-bond acceptors (Lipinski definition) is 6. The largest absolute Gasteiger partial charge is 0.449 e. The van der Waals surface area contributed by atoms with E-state index in [1.165, 1.54) is 35.5 Å². The number of nitrogens with zero attached hydrogens (tertiary/aromatic N) is 1. The predicted octanol–water partition coefficient (Wildman–Crippen LogP) is 3.47. The number of sulfonamides is 1. The molecule has 3 rings (SSSR count). The van der Waals surface area contributed by atoms with Gasteiger partial charge >= 0.3 is 12.0 Å². The molecule has 1 atom stereocenters. The SMILES string of the molecule is CCNC(=O)NC(=O)[C@@H](C)OC(=O)c1cccc(S(=O)(=O)N(Cc2ccccc2)c2ccccc2)c1. The Labute approximate surface area is 210 Å². The lowest BCUT2D eigenvalue weighted by Crippen LogP contribution is -2.44. The van der Waals surface area contributed by atoms with E-state index in [1.807, 2.05) is 30.3 Å². The first-order valence-corrected chi connectivity index (χ1v) is 12.7. The number of benzene rings is 3. The van der Waals surface area contributed by atoms with E-state index in [2.05, 4.69) is 10.6 Å². The van der Waals surface area contributed by atoms with Gasteiger partial charge in [0.1, 0.15) is 0 Å². The summed E-state index contributed by atoms with van der Waals surface area (Å²) in [5, 5.41) is 4.46. The molecule has 0 spiro atoms. The van der Waals surface area contributed by atoms with Gasteiger partial charge in [0.05, 0.1) is 22.7 Å². The van der Waals surface area contributed by atoms with Crippen LogP contribution in [0.25, 0.3) is 0 Å². The number of carbonyl (C=O) groups is 3. The van der Waals surface area contributed by atoms with Gasteiger partial charge in [0.15, 0.2) is 6.10 Å². The van der Waals surface area contributed by atoms with Crippen LogP contribution in [0, 0.1) is 0 Å². The summed E-state index contributed by atoms with van der Waals surface area (Å²) in [5.74, 6) is -1.71. The molecule has 0 radical (unpaired) electrons. The molecule has 0 fully saturated rings. The molecule has 2 N–H and O–H groups in total. The third kappa shape index (κ3) is 6.70. The van der Waals surface area contributed by atoms with Crippen molar-refractivity contribution in [1.82, 2.24) is 10.6 Å². The summed E-state index contributed by atoms with van der Waals surface area (Å²) in [7, 11) is -4.08. The van der Waals surface area contributed by atoms with E-state index in [1.54, 1.807) is 37.3 Å². The molecule has 0 saturated heterocycles. The maximum absolute atomic E-state index is 13.7. The highest BCUT2D eigenvalue weighted by Crippen LogP contribution is 2.26. The Morgan fingerprint density at radius 3 is 2.19 bits per heavy atom. The molecule has 0 heterocycles. The van der Waals surface area contributed by atoms with Crippen LogP contribution in [0.5, 0.6) is 0 Å². The molecule has 36 heavy (non-hydrogen) atoms. The monoisotopic (exact) mass is 509 g/mol. The lowest BCUT2D eigenvalue weighted by molar-refractivity contribution is -0.127. The van der Waals surface area contributed by atoms with E-state index in [0.717, 1.165) is 5.56 Å². The Hall–Kier alpha value is -4.18. The number of hydrogen-bond donors (Lipinski definition) is 2. The maximum Gasteiger partial charge on any atom is 0.338 e. The van der Waals surface area contributed by atoms with Crippen LogP contribution in [0.15, 0.2) is 89.8 Å². The number of urea groups is 1. The molecule has 0 aromatic heterocycles. The second-order valence-electron chi connectivity index (χ2n) is 7.76. The number of anilines is 1. The van der Waals surface area contributed by atoms with Crippen molar-refractivity contribution in [3.05, 3.63) is 96.1 Å². The average molecular weight is 510 g/mol. The minimum Gasteiger partial charge on any atom is -0.449 e. The summed E-state index contributed by atoms with van der Waals surface area (Å²) in [6.45, 7) is 3.40. The molecule has 0 bridgehead atoms. The summed E-state index contributed by atoms with van der Waals surface area (Å²) in [5.41, 5.74) is 1.19. The van der Waals surface area contributed by atoms with Crippen LogP contribution >= 0.6 is 0 Å². The third-order valence-electron chi connectivity index (χ3n) is 5.10. The van der Waals surface area contributed by atoms with Crippen molar-refractivity contribution in [3.8, 4) is 0 Å². The van der Waals surface area contributed by atoms with Gasteiger partial charge in [-0.1, -0.05) is 54.6 Å². The second kappa shape index (κ2) is 12.0. The van der Waals surface area contributed by atoms with Crippen LogP contribution in [-0.4, -0.2) is 39.0 Å². The van der Waals surface area contributed by atoms with Gasteiger partial charge in [-0.05, 0) is 49.7 Å². The smallest absolute Gasteiger partial charge is 0.338 e. The molecule has 3 aromatic rings. The predicted molar refractivity (Wildman–Crippen MR) is 135 cm³/mol. The van der Waals surface area contributed by atoms with Crippen molar-refractivity contribution in [2.45, 2.75) is 31.4 Å². The van der Waals surface area contributed by atoms with E-state index in [9.17, 15) is 22.8 Å². The number of carbonyl (C=O) groups excluding carboxylic acids is 3. The third-order valence-corrected chi connectivity index (χ3v) is 6.87. The van der Waals surface area contributed by atoms with E-state index in [-0.39, 0.29) is 17.0 Å². The number of esters is 1.